The maximum atomic E-state index is 2.42. The molecule has 0 spiro atoms. The number of fused-ring (bicyclic) bond motifs is 9. The van der Waals surface area contributed by atoms with Gasteiger partial charge in [-0.05, 0) is 81.5 Å². The van der Waals surface area contributed by atoms with Crippen LogP contribution in [0, 0.1) is 0 Å². The van der Waals surface area contributed by atoms with Crippen molar-refractivity contribution in [2.75, 3.05) is 0 Å². The average molecular weight is 402 g/mol. The van der Waals surface area contributed by atoms with E-state index in [9.17, 15) is 0 Å². The van der Waals surface area contributed by atoms with Crippen LogP contribution in [0.3, 0.4) is 0 Å². The number of benzene rings is 8. The molecule has 0 heteroatoms. The van der Waals surface area contributed by atoms with Gasteiger partial charge < -0.3 is 0 Å². The molecule has 0 aliphatic heterocycles. The summed E-state index contributed by atoms with van der Waals surface area (Å²) in [6, 6.07) is 40.5. The van der Waals surface area contributed by atoms with E-state index in [1.807, 2.05) is 0 Å². The van der Waals surface area contributed by atoms with Crippen LogP contribution in [0.25, 0.3) is 75.4 Å². The van der Waals surface area contributed by atoms with Crippen molar-refractivity contribution >= 4 is 75.4 Å². The van der Waals surface area contributed by atoms with Crippen LogP contribution in [-0.2, 0) is 0 Å². The van der Waals surface area contributed by atoms with E-state index < -0.39 is 0 Å². The fraction of sp³-hybridized carbons (Fsp3) is 0. The predicted octanol–water partition coefficient (Wildman–Crippen LogP) is 9.20. The van der Waals surface area contributed by atoms with Crippen LogP contribution in [-0.4, -0.2) is 0 Å². The Morgan fingerprint density at radius 3 is 1.44 bits per heavy atom. The Morgan fingerprint density at radius 1 is 0.250 bits per heavy atom. The molecule has 0 N–H and O–H groups in total. The van der Waals surface area contributed by atoms with E-state index in [2.05, 4.69) is 109 Å². The SMILES string of the molecule is c1ccc2c(c1)c1ccccc1c1c2cc2cccc3c4cccc5cccc(c54)c1c23. The summed E-state index contributed by atoms with van der Waals surface area (Å²) in [6.45, 7) is 0. The summed E-state index contributed by atoms with van der Waals surface area (Å²) in [5.41, 5.74) is 0. The molecule has 0 aliphatic carbocycles. The van der Waals surface area contributed by atoms with Crippen LogP contribution in [0.15, 0.2) is 109 Å². The summed E-state index contributed by atoms with van der Waals surface area (Å²) in [4.78, 5) is 0. The van der Waals surface area contributed by atoms with Crippen molar-refractivity contribution in [2.24, 2.45) is 0 Å². The van der Waals surface area contributed by atoms with Gasteiger partial charge in [-0.3, -0.25) is 0 Å². The van der Waals surface area contributed by atoms with Crippen molar-refractivity contribution in [3.8, 4) is 0 Å². The highest BCUT2D eigenvalue weighted by Crippen LogP contribution is 2.47. The molecule has 0 saturated carbocycles. The molecule has 0 heterocycles. The third kappa shape index (κ3) is 1.89. The largest absolute Gasteiger partial charge is 0.0616 e. The van der Waals surface area contributed by atoms with Crippen LogP contribution in [0.4, 0.5) is 0 Å². The first-order valence-corrected chi connectivity index (χ1v) is 11.2. The molecule has 0 bridgehead atoms. The van der Waals surface area contributed by atoms with Crippen molar-refractivity contribution in [2.45, 2.75) is 0 Å². The molecular formula is C32H18. The van der Waals surface area contributed by atoms with Gasteiger partial charge in [0, 0.05) is 0 Å². The van der Waals surface area contributed by atoms with Gasteiger partial charge >= 0.3 is 0 Å². The van der Waals surface area contributed by atoms with Crippen molar-refractivity contribution in [1.29, 1.82) is 0 Å². The van der Waals surface area contributed by atoms with E-state index in [4.69, 9.17) is 0 Å². The second-order valence-electron chi connectivity index (χ2n) is 8.88. The second kappa shape index (κ2) is 5.75. The van der Waals surface area contributed by atoms with Crippen LogP contribution < -0.4 is 0 Å². The summed E-state index contributed by atoms with van der Waals surface area (Å²) in [5, 5.41) is 18.9. The number of hydrogen-bond acceptors (Lipinski definition) is 0. The summed E-state index contributed by atoms with van der Waals surface area (Å²) < 4.78 is 0. The van der Waals surface area contributed by atoms with Crippen molar-refractivity contribution in [1.82, 2.24) is 0 Å². The van der Waals surface area contributed by atoms with E-state index in [0.29, 0.717) is 0 Å². The van der Waals surface area contributed by atoms with E-state index in [1.165, 1.54) is 75.4 Å². The fourth-order valence-corrected chi connectivity index (χ4v) is 6.11. The summed E-state index contributed by atoms with van der Waals surface area (Å²) in [6.07, 6.45) is 0. The number of hydrogen-bond donors (Lipinski definition) is 0. The zero-order valence-electron chi connectivity index (χ0n) is 17.4. The zero-order chi connectivity index (χ0) is 20.8. The first-order chi connectivity index (χ1) is 15.9. The molecule has 32 heavy (non-hydrogen) atoms. The average Bonchev–Trinajstić information content (AvgIpc) is 2.86. The molecule has 0 aliphatic rings. The standard InChI is InChI=1S/C32H18/c1-2-13-23-21(11-1)22-12-3-4-14-24(22)31-28(23)18-20-10-7-16-26-25-15-5-8-19-9-6-17-27(29(19)25)32(31)30(20)26/h1-18H. The monoisotopic (exact) mass is 402 g/mol. The van der Waals surface area contributed by atoms with Gasteiger partial charge in [0.2, 0.25) is 0 Å². The fourth-order valence-electron chi connectivity index (χ4n) is 6.11. The van der Waals surface area contributed by atoms with E-state index in [0.717, 1.165) is 0 Å². The molecule has 0 unspecified atom stereocenters. The lowest BCUT2D eigenvalue weighted by Crippen LogP contribution is -1.90. The van der Waals surface area contributed by atoms with Gasteiger partial charge in [0.05, 0.1) is 0 Å². The Hall–Kier alpha value is -4.16. The summed E-state index contributed by atoms with van der Waals surface area (Å²) in [5.74, 6) is 0. The van der Waals surface area contributed by atoms with Gasteiger partial charge in [-0.25, -0.2) is 0 Å². The molecule has 8 aromatic rings. The zero-order valence-corrected chi connectivity index (χ0v) is 17.4. The smallest absolute Gasteiger partial charge is 0.000763 e. The van der Waals surface area contributed by atoms with Gasteiger partial charge in [0.15, 0.2) is 0 Å². The Balaban J connectivity index is 1.87. The lowest BCUT2D eigenvalue weighted by molar-refractivity contribution is 1.79. The first-order valence-electron chi connectivity index (χ1n) is 11.2. The minimum Gasteiger partial charge on any atom is -0.0616 e. The molecule has 146 valence electrons. The third-order valence-electron chi connectivity index (χ3n) is 7.33. The van der Waals surface area contributed by atoms with Gasteiger partial charge in [-0.15, -0.1) is 0 Å². The van der Waals surface area contributed by atoms with E-state index in [-0.39, 0.29) is 0 Å². The lowest BCUT2D eigenvalue weighted by Gasteiger charge is -2.19. The molecule has 0 nitrogen and oxygen atoms in total. The minimum atomic E-state index is 1.31. The molecule has 8 rings (SSSR count). The molecular weight excluding hydrogens is 384 g/mol. The molecule has 0 radical (unpaired) electrons. The highest BCUT2D eigenvalue weighted by atomic mass is 14.2. The van der Waals surface area contributed by atoms with Gasteiger partial charge in [-0.1, -0.05) is 103 Å². The lowest BCUT2D eigenvalue weighted by atomic mass is 9.84. The topological polar surface area (TPSA) is 0 Å². The Labute approximate surface area is 184 Å². The second-order valence-corrected chi connectivity index (χ2v) is 8.88. The molecule has 0 saturated heterocycles. The highest BCUT2D eigenvalue weighted by Gasteiger charge is 2.18. The Morgan fingerprint density at radius 2 is 0.719 bits per heavy atom. The molecule has 0 atom stereocenters. The predicted molar refractivity (Wildman–Crippen MR) is 140 cm³/mol. The van der Waals surface area contributed by atoms with Gasteiger partial charge in [-0.2, -0.15) is 0 Å². The van der Waals surface area contributed by atoms with Crippen LogP contribution in [0.1, 0.15) is 0 Å². The quantitative estimate of drug-likeness (QED) is 0.175. The van der Waals surface area contributed by atoms with Crippen molar-refractivity contribution < 1.29 is 0 Å². The third-order valence-corrected chi connectivity index (χ3v) is 7.33. The molecule has 8 aromatic carbocycles. The normalized spacial score (nSPS) is 12.4. The maximum Gasteiger partial charge on any atom is -0.000763 e. The van der Waals surface area contributed by atoms with Gasteiger partial charge in [0.25, 0.3) is 0 Å². The van der Waals surface area contributed by atoms with E-state index >= 15 is 0 Å². The molecule has 0 aromatic heterocycles. The summed E-state index contributed by atoms with van der Waals surface area (Å²) in [7, 11) is 0. The maximum absolute atomic E-state index is 2.42. The van der Waals surface area contributed by atoms with Crippen LogP contribution in [0.5, 0.6) is 0 Å². The molecule has 0 amide bonds. The first kappa shape index (κ1) is 16.5. The highest BCUT2D eigenvalue weighted by molar-refractivity contribution is 6.43. The van der Waals surface area contributed by atoms with E-state index in [1.54, 1.807) is 0 Å². The van der Waals surface area contributed by atoms with Gasteiger partial charge in [0.1, 0.15) is 0 Å². The van der Waals surface area contributed by atoms with Crippen molar-refractivity contribution in [3.63, 3.8) is 0 Å². The Kier molecular flexibility index (Phi) is 2.97. The molecule has 0 fully saturated rings. The van der Waals surface area contributed by atoms with Crippen LogP contribution >= 0.6 is 0 Å². The summed E-state index contributed by atoms with van der Waals surface area (Å²) >= 11 is 0. The number of rotatable bonds is 0. The Bertz CT molecular complexity index is 2020. The minimum absolute atomic E-state index is 1.31. The van der Waals surface area contributed by atoms with Crippen molar-refractivity contribution in [3.05, 3.63) is 109 Å². The van der Waals surface area contributed by atoms with Crippen LogP contribution in [0.2, 0.25) is 0 Å².